The molecule has 0 saturated heterocycles. The van der Waals surface area contributed by atoms with E-state index in [0.29, 0.717) is 10.8 Å². The summed E-state index contributed by atoms with van der Waals surface area (Å²) >= 11 is 6.05. The van der Waals surface area contributed by atoms with Crippen molar-refractivity contribution in [2.45, 2.75) is 0 Å². The molecule has 0 aliphatic rings. The fourth-order valence-corrected chi connectivity index (χ4v) is 2.01. The number of aromatic nitrogens is 2. The monoisotopic (exact) mass is 248 g/mol. The minimum Gasteiger partial charge on any atom is -0.494 e. The van der Waals surface area contributed by atoms with Gasteiger partial charge in [0.1, 0.15) is 11.3 Å². The number of hydrogen-bond donors (Lipinski definition) is 0. The lowest BCUT2D eigenvalue weighted by atomic mass is 10.1. The highest BCUT2D eigenvalue weighted by Gasteiger charge is 2.11. The molecule has 0 fully saturated rings. The molecule has 17 heavy (non-hydrogen) atoms. The Bertz CT molecular complexity index is 659. The number of methoxy groups -OCH3 is 1. The molecule has 4 nitrogen and oxygen atoms in total. The first-order valence-corrected chi connectivity index (χ1v) is 5.41. The first-order chi connectivity index (χ1) is 8.29. The largest absolute Gasteiger partial charge is 0.494 e. The summed E-state index contributed by atoms with van der Waals surface area (Å²) in [4.78, 5) is 0. The molecule has 0 aliphatic carbocycles. The van der Waals surface area contributed by atoms with Crippen molar-refractivity contribution in [3.05, 3.63) is 42.1 Å². The molecular formula is C12H9ClN2O2. The molecule has 0 radical (unpaired) electrons. The van der Waals surface area contributed by atoms with E-state index in [4.69, 9.17) is 20.8 Å². The molecule has 0 atom stereocenters. The van der Waals surface area contributed by atoms with Gasteiger partial charge in [0, 0.05) is 17.3 Å². The molecule has 0 saturated carbocycles. The number of ether oxygens (including phenoxy) is 1. The second-order valence-corrected chi connectivity index (χ2v) is 4.00. The topological polar surface area (TPSA) is 39.7 Å². The van der Waals surface area contributed by atoms with Gasteiger partial charge in [0.15, 0.2) is 0 Å². The Morgan fingerprint density at radius 2 is 2.29 bits per heavy atom. The summed E-state index contributed by atoms with van der Waals surface area (Å²) in [7, 11) is 1.61. The molecule has 3 rings (SSSR count). The summed E-state index contributed by atoms with van der Waals surface area (Å²) < 4.78 is 12.1. The fourth-order valence-electron chi connectivity index (χ4n) is 1.79. The predicted molar refractivity (Wildman–Crippen MR) is 64.5 cm³/mol. The summed E-state index contributed by atoms with van der Waals surface area (Å²) in [6, 6.07) is 3.79. The molecule has 5 heteroatoms. The number of rotatable bonds is 2. The fraction of sp³-hybridized carbons (Fsp3) is 0.0833. The number of fused-ring (bicyclic) bond motifs is 1. The van der Waals surface area contributed by atoms with E-state index in [2.05, 4.69) is 5.10 Å². The van der Waals surface area contributed by atoms with E-state index in [0.717, 1.165) is 16.6 Å². The normalized spacial score (nSPS) is 10.9. The summed E-state index contributed by atoms with van der Waals surface area (Å²) in [5, 5.41) is 4.74. The first-order valence-electron chi connectivity index (χ1n) is 5.03. The molecule has 3 aromatic heterocycles. The van der Waals surface area contributed by atoms with Crippen LogP contribution in [-0.4, -0.2) is 16.7 Å². The van der Waals surface area contributed by atoms with Gasteiger partial charge < -0.3 is 9.15 Å². The van der Waals surface area contributed by atoms with Crippen molar-refractivity contribution in [3.63, 3.8) is 0 Å². The highest BCUT2D eigenvalue weighted by molar-refractivity contribution is 6.34. The Kier molecular flexibility index (Phi) is 2.30. The quantitative estimate of drug-likeness (QED) is 0.699. The molecule has 0 amide bonds. The smallest absolute Gasteiger partial charge is 0.146 e. The lowest BCUT2D eigenvalue weighted by Crippen LogP contribution is -1.93. The SMILES string of the molecule is COc1cc(-c2ccoc2)cn2ncc(Cl)c12. The third-order valence-electron chi connectivity index (χ3n) is 2.61. The van der Waals surface area contributed by atoms with Crippen molar-refractivity contribution in [1.82, 2.24) is 9.61 Å². The lowest BCUT2D eigenvalue weighted by molar-refractivity contribution is 0.417. The highest BCUT2D eigenvalue weighted by atomic mass is 35.5. The van der Waals surface area contributed by atoms with Gasteiger partial charge in [0.25, 0.3) is 0 Å². The molecule has 86 valence electrons. The van der Waals surface area contributed by atoms with Gasteiger partial charge in [-0.05, 0) is 12.1 Å². The Labute approximate surface area is 102 Å². The lowest BCUT2D eigenvalue weighted by Gasteiger charge is -2.06. The van der Waals surface area contributed by atoms with Gasteiger partial charge in [-0.3, -0.25) is 0 Å². The van der Waals surface area contributed by atoms with Crippen molar-refractivity contribution in [2.75, 3.05) is 7.11 Å². The van der Waals surface area contributed by atoms with Crippen molar-refractivity contribution < 1.29 is 9.15 Å². The third-order valence-corrected chi connectivity index (χ3v) is 2.88. The van der Waals surface area contributed by atoms with Crippen LogP contribution in [0.1, 0.15) is 0 Å². The number of nitrogens with zero attached hydrogens (tertiary/aromatic N) is 2. The third kappa shape index (κ3) is 1.57. The van der Waals surface area contributed by atoms with Gasteiger partial charge in [-0.2, -0.15) is 5.10 Å². The maximum absolute atomic E-state index is 6.05. The average Bonchev–Trinajstić information content (AvgIpc) is 2.98. The number of furan rings is 1. The standard InChI is InChI=1S/C12H9ClN2O2/c1-16-11-4-9(8-2-3-17-7-8)6-15-12(11)10(13)5-14-15/h2-7H,1H3. The van der Waals surface area contributed by atoms with Crippen molar-refractivity contribution in [1.29, 1.82) is 0 Å². The van der Waals surface area contributed by atoms with Gasteiger partial charge >= 0.3 is 0 Å². The minimum absolute atomic E-state index is 0.570. The van der Waals surface area contributed by atoms with E-state index >= 15 is 0 Å². The van der Waals surface area contributed by atoms with E-state index in [-0.39, 0.29) is 0 Å². The Hall–Kier alpha value is -1.94. The molecule has 0 N–H and O–H groups in total. The van der Waals surface area contributed by atoms with E-state index in [1.165, 1.54) is 0 Å². The molecular weight excluding hydrogens is 240 g/mol. The maximum atomic E-state index is 6.05. The van der Waals surface area contributed by atoms with Crippen LogP contribution in [0, 0.1) is 0 Å². The summed E-state index contributed by atoms with van der Waals surface area (Å²) in [6.45, 7) is 0. The van der Waals surface area contributed by atoms with Crippen LogP contribution >= 0.6 is 11.6 Å². The van der Waals surface area contributed by atoms with Crippen molar-refractivity contribution in [3.8, 4) is 16.9 Å². The van der Waals surface area contributed by atoms with Crippen LogP contribution in [0.15, 0.2) is 41.5 Å². The van der Waals surface area contributed by atoms with Crippen LogP contribution in [-0.2, 0) is 0 Å². The van der Waals surface area contributed by atoms with Gasteiger partial charge in [-0.25, -0.2) is 4.52 Å². The van der Waals surface area contributed by atoms with Crippen molar-refractivity contribution >= 4 is 17.1 Å². The van der Waals surface area contributed by atoms with Gasteiger partial charge in [-0.15, -0.1) is 0 Å². The molecule has 3 aromatic rings. The van der Waals surface area contributed by atoms with E-state index in [9.17, 15) is 0 Å². The van der Waals surface area contributed by atoms with Crippen LogP contribution in [0.25, 0.3) is 16.6 Å². The molecule has 0 bridgehead atoms. The zero-order valence-electron chi connectivity index (χ0n) is 9.05. The molecule has 3 heterocycles. The Balaban J connectivity index is 2.29. The van der Waals surface area contributed by atoms with Gasteiger partial charge in [-0.1, -0.05) is 11.6 Å². The highest BCUT2D eigenvalue weighted by Crippen LogP contribution is 2.31. The number of pyridine rings is 1. The molecule has 0 spiro atoms. The van der Waals surface area contributed by atoms with E-state index in [1.54, 1.807) is 30.3 Å². The van der Waals surface area contributed by atoms with E-state index in [1.807, 2.05) is 18.3 Å². The summed E-state index contributed by atoms with van der Waals surface area (Å²) in [6.07, 6.45) is 6.78. The summed E-state index contributed by atoms with van der Waals surface area (Å²) in [5.74, 6) is 0.686. The second-order valence-electron chi connectivity index (χ2n) is 3.59. The van der Waals surface area contributed by atoms with Crippen LogP contribution < -0.4 is 4.74 Å². The molecule has 0 aromatic carbocycles. The maximum Gasteiger partial charge on any atom is 0.146 e. The zero-order valence-corrected chi connectivity index (χ0v) is 9.81. The van der Waals surface area contributed by atoms with Gasteiger partial charge in [0.05, 0.1) is 30.9 Å². The van der Waals surface area contributed by atoms with Crippen LogP contribution in [0.2, 0.25) is 5.02 Å². The predicted octanol–water partition coefficient (Wildman–Crippen LogP) is 3.26. The van der Waals surface area contributed by atoms with Crippen LogP contribution in [0.4, 0.5) is 0 Å². The van der Waals surface area contributed by atoms with Crippen molar-refractivity contribution in [2.24, 2.45) is 0 Å². The first kappa shape index (κ1) is 10.2. The Morgan fingerprint density at radius 1 is 1.41 bits per heavy atom. The second kappa shape index (κ2) is 3.82. The Morgan fingerprint density at radius 3 is 3.00 bits per heavy atom. The zero-order chi connectivity index (χ0) is 11.8. The van der Waals surface area contributed by atoms with Gasteiger partial charge in [0.2, 0.25) is 0 Å². The number of hydrogen-bond acceptors (Lipinski definition) is 3. The average molecular weight is 249 g/mol. The van der Waals surface area contributed by atoms with Crippen LogP contribution in [0.5, 0.6) is 5.75 Å². The molecule has 0 aliphatic heterocycles. The summed E-state index contributed by atoms with van der Waals surface area (Å²) in [5.41, 5.74) is 2.70. The van der Waals surface area contributed by atoms with E-state index < -0.39 is 0 Å². The van der Waals surface area contributed by atoms with Crippen LogP contribution in [0.3, 0.4) is 0 Å². The minimum atomic E-state index is 0.570. The number of halogens is 1. The molecule has 0 unspecified atom stereocenters.